The lowest BCUT2D eigenvalue weighted by Crippen LogP contribution is -2.33. The number of nitrogens with zero attached hydrogens (tertiary/aromatic N) is 1. The zero-order chi connectivity index (χ0) is 12.1. The van der Waals surface area contributed by atoms with Gasteiger partial charge in [0, 0.05) is 6.20 Å². The molecule has 1 rings (SSSR count). The molecule has 0 spiro atoms. The Labute approximate surface area is 92.8 Å². The number of primary amides is 1. The van der Waals surface area contributed by atoms with E-state index in [2.05, 4.69) is 15.0 Å². The van der Waals surface area contributed by atoms with E-state index >= 15 is 0 Å². The van der Waals surface area contributed by atoms with E-state index in [1.807, 2.05) is 0 Å². The van der Waals surface area contributed by atoms with Crippen LogP contribution in [0.25, 0.3) is 0 Å². The molecule has 0 saturated carbocycles. The Morgan fingerprint density at radius 1 is 1.56 bits per heavy atom. The summed E-state index contributed by atoms with van der Waals surface area (Å²) in [5.74, 6) is -0.769. The van der Waals surface area contributed by atoms with Crippen molar-refractivity contribution < 1.29 is 14.3 Å². The minimum absolute atomic E-state index is 0.262. The number of amides is 1. The minimum atomic E-state index is -0.613. The normalized spacial score (nSPS) is 11.6. The van der Waals surface area contributed by atoms with E-state index in [-0.39, 0.29) is 11.4 Å². The smallest absolute Gasteiger partial charge is 0.341 e. The van der Waals surface area contributed by atoms with Crippen molar-refractivity contribution in [3.8, 4) is 0 Å². The van der Waals surface area contributed by atoms with Crippen molar-refractivity contribution in [2.45, 2.75) is 13.0 Å². The molecule has 16 heavy (non-hydrogen) atoms. The molecule has 0 aromatic carbocycles. The molecule has 0 aliphatic rings. The number of hydrogen-bond acceptors (Lipinski definition) is 5. The van der Waals surface area contributed by atoms with Crippen LogP contribution in [0.1, 0.15) is 17.3 Å². The standard InChI is InChI=1S/C10H13N3O3/c1-6(8(11)14)13-9-7(10(15)16-2)4-3-5-12-9/h3-6H,1-2H3,(H2,11,14)(H,12,13). The van der Waals surface area contributed by atoms with E-state index in [0.717, 1.165) is 0 Å². The lowest BCUT2D eigenvalue weighted by molar-refractivity contribution is -0.118. The first kappa shape index (κ1) is 12.0. The number of anilines is 1. The summed E-state index contributed by atoms with van der Waals surface area (Å²) in [6.45, 7) is 1.58. The van der Waals surface area contributed by atoms with E-state index < -0.39 is 17.9 Å². The van der Waals surface area contributed by atoms with Gasteiger partial charge in [0.2, 0.25) is 5.91 Å². The molecule has 0 aliphatic carbocycles. The number of aromatic nitrogens is 1. The number of carbonyl (C=O) groups is 2. The summed E-state index contributed by atoms with van der Waals surface area (Å²) in [5, 5.41) is 2.74. The van der Waals surface area contributed by atoms with Crippen LogP contribution >= 0.6 is 0 Å². The second kappa shape index (κ2) is 5.11. The maximum Gasteiger partial charge on any atom is 0.341 e. The second-order valence-corrected chi connectivity index (χ2v) is 3.16. The Kier molecular flexibility index (Phi) is 3.82. The Morgan fingerprint density at radius 3 is 2.81 bits per heavy atom. The largest absolute Gasteiger partial charge is 0.465 e. The number of nitrogens with one attached hydrogen (secondary N) is 1. The van der Waals surface area contributed by atoms with Crippen molar-refractivity contribution in [3.63, 3.8) is 0 Å². The molecule has 0 saturated heterocycles. The van der Waals surface area contributed by atoms with Crippen LogP contribution in [0.2, 0.25) is 0 Å². The summed E-state index contributed by atoms with van der Waals surface area (Å²) in [6.07, 6.45) is 1.50. The average Bonchev–Trinajstić information content (AvgIpc) is 2.28. The number of hydrogen-bond donors (Lipinski definition) is 2. The third-order valence-corrected chi connectivity index (χ3v) is 1.99. The van der Waals surface area contributed by atoms with Gasteiger partial charge in [0.05, 0.1) is 7.11 Å². The first-order valence-corrected chi connectivity index (χ1v) is 4.65. The van der Waals surface area contributed by atoms with Gasteiger partial charge in [-0.05, 0) is 19.1 Å². The molecule has 3 N–H and O–H groups in total. The molecule has 1 aromatic rings. The molecule has 1 heterocycles. The van der Waals surface area contributed by atoms with E-state index in [4.69, 9.17) is 5.73 Å². The number of esters is 1. The number of rotatable bonds is 4. The number of ether oxygens (including phenoxy) is 1. The van der Waals surface area contributed by atoms with Gasteiger partial charge in [-0.2, -0.15) is 0 Å². The molecule has 6 heteroatoms. The zero-order valence-corrected chi connectivity index (χ0v) is 9.06. The maximum absolute atomic E-state index is 11.4. The third kappa shape index (κ3) is 2.69. The molecule has 86 valence electrons. The molecular weight excluding hydrogens is 210 g/mol. The first-order chi connectivity index (χ1) is 7.56. The summed E-state index contributed by atoms with van der Waals surface area (Å²) in [6, 6.07) is 2.54. The fourth-order valence-corrected chi connectivity index (χ4v) is 1.07. The van der Waals surface area contributed by atoms with Crippen molar-refractivity contribution in [1.82, 2.24) is 4.98 Å². The van der Waals surface area contributed by atoms with Crippen molar-refractivity contribution in [3.05, 3.63) is 23.9 Å². The zero-order valence-electron chi connectivity index (χ0n) is 9.06. The summed E-state index contributed by atoms with van der Waals surface area (Å²) >= 11 is 0. The molecule has 1 atom stereocenters. The quantitative estimate of drug-likeness (QED) is 0.709. The SMILES string of the molecule is COC(=O)c1cccnc1NC(C)C(N)=O. The van der Waals surface area contributed by atoms with Crippen LogP contribution in [0, 0.1) is 0 Å². The predicted octanol–water partition coefficient (Wildman–Crippen LogP) is 0.154. The number of carbonyl (C=O) groups excluding carboxylic acids is 2. The highest BCUT2D eigenvalue weighted by molar-refractivity contribution is 5.95. The summed E-state index contributed by atoms with van der Waals surface area (Å²) in [5.41, 5.74) is 5.36. The van der Waals surface area contributed by atoms with Gasteiger partial charge in [-0.15, -0.1) is 0 Å². The van der Waals surface area contributed by atoms with Gasteiger partial charge in [-0.3, -0.25) is 4.79 Å². The van der Waals surface area contributed by atoms with Crippen molar-refractivity contribution in [1.29, 1.82) is 0 Å². The summed E-state index contributed by atoms with van der Waals surface area (Å²) < 4.78 is 4.58. The fourth-order valence-electron chi connectivity index (χ4n) is 1.07. The third-order valence-electron chi connectivity index (χ3n) is 1.99. The molecule has 0 aliphatic heterocycles. The van der Waals surface area contributed by atoms with Crippen LogP contribution in [0.15, 0.2) is 18.3 Å². The van der Waals surface area contributed by atoms with Crippen molar-refractivity contribution in [2.75, 3.05) is 12.4 Å². The Hall–Kier alpha value is -2.11. The maximum atomic E-state index is 11.4. The number of nitrogens with two attached hydrogens (primary N) is 1. The molecule has 1 amide bonds. The van der Waals surface area contributed by atoms with Crippen LogP contribution in [-0.2, 0) is 9.53 Å². The first-order valence-electron chi connectivity index (χ1n) is 4.65. The summed E-state index contributed by atoms with van der Waals surface area (Å²) in [4.78, 5) is 26.2. The predicted molar refractivity (Wildman–Crippen MR) is 57.9 cm³/mol. The van der Waals surface area contributed by atoms with E-state index in [1.54, 1.807) is 19.1 Å². The minimum Gasteiger partial charge on any atom is -0.465 e. The van der Waals surface area contributed by atoms with Crippen LogP contribution in [-0.4, -0.2) is 30.0 Å². The van der Waals surface area contributed by atoms with Gasteiger partial charge in [0.25, 0.3) is 0 Å². The topological polar surface area (TPSA) is 94.3 Å². The Bertz CT molecular complexity index is 406. The Balaban J connectivity index is 2.95. The highest BCUT2D eigenvalue weighted by Crippen LogP contribution is 2.13. The lowest BCUT2D eigenvalue weighted by Gasteiger charge is -2.12. The highest BCUT2D eigenvalue weighted by atomic mass is 16.5. The molecule has 1 unspecified atom stereocenters. The van der Waals surface area contributed by atoms with Crippen LogP contribution in [0.4, 0.5) is 5.82 Å². The van der Waals surface area contributed by atoms with Crippen molar-refractivity contribution in [2.24, 2.45) is 5.73 Å². The van der Waals surface area contributed by atoms with Gasteiger partial charge in [-0.1, -0.05) is 0 Å². The lowest BCUT2D eigenvalue weighted by atomic mass is 10.2. The summed E-state index contributed by atoms with van der Waals surface area (Å²) in [7, 11) is 1.27. The van der Waals surface area contributed by atoms with E-state index in [0.29, 0.717) is 0 Å². The molecular formula is C10H13N3O3. The molecule has 0 fully saturated rings. The van der Waals surface area contributed by atoms with Crippen LogP contribution < -0.4 is 11.1 Å². The van der Waals surface area contributed by atoms with Crippen molar-refractivity contribution >= 4 is 17.7 Å². The van der Waals surface area contributed by atoms with E-state index in [9.17, 15) is 9.59 Å². The fraction of sp³-hybridized carbons (Fsp3) is 0.300. The molecule has 0 radical (unpaired) electrons. The van der Waals surface area contributed by atoms with Gasteiger partial charge in [0.15, 0.2) is 0 Å². The van der Waals surface area contributed by atoms with Gasteiger partial charge < -0.3 is 15.8 Å². The van der Waals surface area contributed by atoms with E-state index in [1.165, 1.54) is 13.3 Å². The highest BCUT2D eigenvalue weighted by Gasteiger charge is 2.16. The Morgan fingerprint density at radius 2 is 2.25 bits per heavy atom. The van der Waals surface area contributed by atoms with Crippen LogP contribution in [0.5, 0.6) is 0 Å². The molecule has 1 aromatic heterocycles. The van der Waals surface area contributed by atoms with Gasteiger partial charge in [-0.25, -0.2) is 9.78 Å². The monoisotopic (exact) mass is 223 g/mol. The van der Waals surface area contributed by atoms with Gasteiger partial charge in [0.1, 0.15) is 17.4 Å². The number of methoxy groups -OCH3 is 1. The average molecular weight is 223 g/mol. The van der Waals surface area contributed by atoms with Gasteiger partial charge >= 0.3 is 5.97 Å². The second-order valence-electron chi connectivity index (χ2n) is 3.16. The molecule has 0 bridgehead atoms. The van der Waals surface area contributed by atoms with Crippen LogP contribution in [0.3, 0.4) is 0 Å². The number of pyridine rings is 1. The molecule has 6 nitrogen and oxygen atoms in total.